The number of para-hydroxylation sites is 1. The number of carbonyl (C=O) groups excluding carboxylic acids is 1. The number of phenolic OH excluding ortho intramolecular Hbond substituents is 2. The lowest BCUT2D eigenvalue weighted by Gasteiger charge is -2.31. The lowest BCUT2D eigenvalue weighted by atomic mass is 9.86. The topological polar surface area (TPSA) is 152 Å². The second-order valence-corrected chi connectivity index (χ2v) is 11.6. The molecule has 0 fully saturated rings. The van der Waals surface area contributed by atoms with Crippen molar-refractivity contribution >= 4 is 27.8 Å². The van der Waals surface area contributed by atoms with Gasteiger partial charge in [0.1, 0.15) is 34.8 Å². The molecule has 3 N–H and O–H groups in total. The third kappa shape index (κ3) is 4.97. The number of hydrogen-bond donors (Lipinski definition) is 3. The van der Waals surface area contributed by atoms with E-state index in [9.17, 15) is 29.7 Å². The standard InChI is InChI=1S/C20H16N2O4.C15H16O4/c1-2-20(25)14-8-16-17-12(7-11-5-3-4-6-15(11)21-17)9-22(16)18(23)13(14)10-26-19(20)24;1-8(2)4-5-10-11(16)7-13-14(15(10)18)12(17)6-9(3)19-13/h3-8,25H,2,9-10H2,1H3;4,6-7,16,18H,5H2,1-3H3. The van der Waals surface area contributed by atoms with E-state index < -0.39 is 11.6 Å². The third-order valence-electron chi connectivity index (χ3n) is 8.33. The molecule has 5 heterocycles. The number of rotatable bonds is 3. The average molecular weight is 609 g/mol. The van der Waals surface area contributed by atoms with Crippen molar-refractivity contribution in [1.82, 2.24) is 9.55 Å². The van der Waals surface area contributed by atoms with Crippen molar-refractivity contribution in [3.8, 4) is 22.9 Å². The fourth-order valence-corrected chi connectivity index (χ4v) is 5.88. The van der Waals surface area contributed by atoms with Gasteiger partial charge in [0, 0.05) is 34.2 Å². The zero-order valence-electron chi connectivity index (χ0n) is 25.3. The number of benzene rings is 2. The highest BCUT2D eigenvalue weighted by molar-refractivity contribution is 5.87. The van der Waals surface area contributed by atoms with Gasteiger partial charge < -0.3 is 29.0 Å². The van der Waals surface area contributed by atoms with E-state index >= 15 is 0 Å². The first-order valence-electron chi connectivity index (χ1n) is 14.6. The van der Waals surface area contributed by atoms with Crippen LogP contribution in [0.1, 0.15) is 55.2 Å². The molecule has 0 saturated heterocycles. The van der Waals surface area contributed by atoms with Gasteiger partial charge in [-0.25, -0.2) is 9.78 Å². The van der Waals surface area contributed by atoms with Crippen LogP contribution in [0.3, 0.4) is 0 Å². The number of aromatic nitrogens is 2. The van der Waals surface area contributed by atoms with E-state index in [0.717, 1.165) is 27.7 Å². The van der Waals surface area contributed by atoms with Crippen LogP contribution < -0.4 is 11.0 Å². The quantitative estimate of drug-likeness (QED) is 0.184. The Balaban J connectivity index is 0.000000168. The smallest absolute Gasteiger partial charge is 0.343 e. The van der Waals surface area contributed by atoms with E-state index in [-0.39, 0.29) is 46.5 Å². The van der Waals surface area contributed by atoms with E-state index in [0.29, 0.717) is 41.1 Å². The highest BCUT2D eigenvalue weighted by Gasteiger charge is 2.45. The Morgan fingerprint density at radius 1 is 1.09 bits per heavy atom. The Bertz CT molecular complexity index is 2190. The number of aryl methyl sites for hydroxylation is 1. The number of esters is 1. The molecule has 2 aliphatic rings. The molecule has 1 unspecified atom stereocenters. The highest BCUT2D eigenvalue weighted by atomic mass is 16.6. The van der Waals surface area contributed by atoms with Crippen LogP contribution in [0.4, 0.5) is 0 Å². The van der Waals surface area contributed by atoms with Gasteiger partial charge in [0.25, 0.3) is 5.56 Å². The van der Waals surface area contributed by atoms with Gasteiger partial charge in [0.2, 0.25) is 0 Å². The second kappa shape index (κ2) is 11.0. The molecule has 10 nitrogen and oxygen atoms in total. The summed E-state index contributed by atoms with van der Waals surface area (Å²) in [4.78, 5) is 41.8. The van der Waals surface area contributed by atoms with Gasteiger partial charge >= 0.3 is 5.97 Å². The van der Waals surface area contributed by atoms with Crippen LogP contribution in [0.2, 0.25) is 0 Å². The number of carbonyl (C=O) groups is 1. The molecule has 1 atom stereocenters. The fourth-order valence-electron chi connectivity index (χ4n) is 5.88. The van der Waals surface area contributed by atoms with Crippen molar-refractivity contribution in [1.29, 1.82) is 0 Å². The van der Waals surface area contributed by atoms with Gasteiger partial charge in [-0.05, 0) is 51.8 Å². The molecule has 0 spiro atoms. The first kappa shape index (κ1) is 29.8. The van der Waals surface area contributed by atoms with E-state index in [1.807, 2.05) is 50.3 Å². The predicted molar refractivity (Wildman–Crippen MR) is 168 cm³/mol. The van der Waals surface area contributed by atoms with E-state index in [4.69, 9.17) is 14.1 Å². The second-order valence-electron chi connectivity index (χ2n) is 11.6. The summed E-state index contributed by atoms with van der Waals surface area (Å²) in [5, 5.41) is 32.1. The lowest BCUT2D eigenvalue weighted by Crippen LogP contribution is -2.44. The van der Waals surface area contributed by atoms with Crippen LogP contribution in [-0.4, -0.2) is 30.8 Å². The molecule has 0 aliphatic carbocycles. The number of cyclic esters (lactones) is 1. The van der Waals surface area contributed by atoms with Gasteiger partial charge in [0.15, 0.2) is 11.0 Å². The predicted octanol–water partition coefficient (Wildman–Crippen LogP) is 5.10. The molecule has 10 heteroatoms. The number of ether oxygens (including phenoxy) is 1. The molecule has 0 bridgehead atoms. The summed E-state index contributed by atoms with van der Waals surface area (Å²) in [6.45, 7) is 7.50. The molecule has 230 valence electrons. The number of phenols is 2. The van der Waals surface area contributed by atoms with Crippen molar-refractivity contribution in [2.24, 2.45) is 0 Å². The van der Waals surface area contributed by atoms with Crippen LogP contribution in [-0.2, 0) is 34.7 Å². The van der Waals surface area contributed by atoms with E-state index in [1.165, 1.54) is 12.1 Å². The van der Waals surface area contributed by atoms with Gasteiger partial charge in [-0.2, -0.15) is 0 Å². The zero-order chi connectivity index (χ0) is 32.2. The summed E-state index contributed by atoms with van der Waals surface area (Å²) in [6, 6.07) is 14.2. The molecule has 0 radical (unpaired) electrons. The van der Waals surface area contributed by atoms with Crippen LogP contribution in [0.15, 0.2) is 74.2 Å². The van der Waals surface area contributed by atoms with Crippen molar-refractivity contribution in [3.63, 3.8) is 0 Å². The first-order valence-corrected chi connectivity index (χ1v) is 14.6. The van der Waals surface area contributed by atoms with Gasteiger partial charge in [-0.3, -0.25) is 9.59 Å². The minimum Gasteiger partial charge on any atom is -0.507 e. The largest absolute Gasteiger partial charge is 0.507 e. The van der Waals surface area contributed by atoms with Crippen LogP contribution in [0.5, 0.6) is 11.5 Å². The summed E-state index contributed by atoms with van der Waals surface area (Å²) in [5.41, 5.74) is 3.10. The minimum absolute atomic E-state index is 0.0729. The van der Waals surface area contributed by atoms with Crippen molar-refractivity contribution in [2.75, 3.05) is 0 Å². The van der Waals surface area contributed by atoms with E-state index in [1.54, 1.807) is 24.5 Å². The lowest BCUT2D eigenvalue weighted by molar-refractivity contribution is -0.172. The van der Waals surface area contributed by atoms with E-state index in [2.05, 4.69) is 0 Å². The van der Waals surface area contributed by atoms with Crippen molar-refractivity contribution in [3.05, 3.63) is 109 Å². The van der Waals surface area contributed by atoms with Gasteiger partial charge in [0.05, 0.1) is 29.0 Å². The molecular weight excluding hydrogens is 576 g/mol. The monoisotopic (exact) mass is 608 g/mol. The third-order valence-corrected chi connectivity index (χ3v) is 8.33. The number of allylic oxidation sites excluding steroid dienone is 2. The number of fused-ring (bicyclic) bond motifs is 6. The van der Waals surface area contributed by atoms with Crippen LogP contribution in [0.25, 0.3) is 33.3 Å². The summed E-state index contributed by atoms with van der Waals surface area (Å²) in [7, 11) is 0. The Labute approximate surface area is 257 Å². The maximum absolute atomic E-state index is 13.0. The Morgan fingerprint density at radius 2 is 1.84 bits per heavy atom. The average Bonchev–Trinajstić information content (AvgIpc) is 3.35. The SMILES string of the molecule is CC(C)=CCc1c(O)cc2oc(C)cc(=O)c2c1O.CCC1(O)C(=O)OCc2c1cc1n(c2=O)Cc2cc3ccccc3nc2-1. The Morgan fingerprint density at radius 3 is 2.58 bits per heavy atom. The highest BCUT2D eigenvalue weighted by Crippen LogP contribution is 2.39. The maximum atomic E-state index is 13.0. The Hall–Kier alpha value is -5.22. The van der Waals surface area contributed by atoms with Crippen LogP contribution in [0, 0.1) is 6.92 Å². The van der Waals surface area contributed by atoms with Crippen LogP contribution >= 0.6 is 0 Å². The van der Waals surface area contributed by atoms with Crippen molar-refractivity contribution in [2.45, 2.75) is 59.3 Å². The molecule has 2 aliphatic heterocycles. The zero-order valence-corrected chi connectivity index (χ0v) is 25.3. The first-order chi connectivity index (χ1) is 21.4. The fraction of sp³-hybridized carbons (Fsp3) is 0.257. The number of aliphatic hydroxyl groups is 1. The molecule has 0 saturated carbocycles. The molecule has 0 amide bonds. The molecule has 3 aromatic heterocycles. The molecule has 7 rings (SSSR count). The molecule has 5 aromatic rings. The summed E-state index contributed by atoms with van der Waals surface area (Å²) in [6.07, 6.45) is 2.37. The number of aromatic hydroxyl groups is 2. The maximum Gasteiger partial charge on any atom is 0.343 e. The molecule has 45 heavy (non-hydrogen) atoms. The molecular formula is C35H32N2O8. The van der Waals surface area contributed by atoms with Gasteiger partial charge in [-0.15, -0.1) is 0 Å². The van der Waals surface area contributed by atoms with Crippen molar-refractivity contribution < 1.29 is 29.3 Å². The summed E-state index contributed by atoms with van der Waals surface area (Å²) in [5.74, 6) is -0.549. The normalized spacial score (nSPS) is 16.3. The summed E-state index contributed by atoms with van der Waals surface area (Å²) < 4.78 is 12.1. The minimum atomic E-state index is -1.79. The summed E-state index contributed by atoms with van der Waals surface area (Å²) >= 11 is 0. The Kier molecular flexibility index (Phi) is 7.33. The number of hydrogen-bond acceptors (Lipinski definition) is 9. The number of nitrogens with zero attached hydrogens (tertiary/aromatic N) is 2. The van der Waals surface area contributed by atoms with Gasteiger partial charge in [-0.1, -0.05) is 36.8 Å². The number of pyridine rings is 2. The molecule has 2 aromatic carbocycles.